The molecule has 0 aliphatic heterocycles. The summed E-state index contributed by atoms with van der Waals surface area (Å²) in [5.74, 6) is 0.0584. The van der Waals surface area contributed by atoms with Crippen LogP contribution < -0.4 is 10.2 Å². The molecule has 0 unspecified atom stereocenters. The zero-order valence-electron chi connectivity index (χ0n) is 10.5. The molecule has 0 aliphatic rings. The van der Waals surface area contributed by atoms with Crippen LogP contribution in [0.5, 0.6) is 0 Å². The molecule has 0 saturated carbocycles. The van der Waals surface area contributed by atoms with E-state index >= 15 is 0 Å². The molecule has 1 aromatic rings. The molecular formula is C11H14F3N3OS. The number of aromatic nitrogens is 1. The number of rotatable bonds is 5. The maximum atomic E-state index is 11.9. The van der Waals surface area contributed by atoms with E-state index in [4.69, 9.17) is 0 Å². The van der Waals surface area contributed by atoms with E-state index in [0.29, 0.717) is 11.4 Å². The van der Waals surface area contributed by atoms with Gasteiger partial charge in [0.05, 0.1) is 5.56 Å². The van der Waals surface area contributed by atoms with Crippen molar-refractivity contribution in [1.29, 1.82) is 0 Å². The summed E-state index contributed by atoms with van der Waals surface area (Å²) < 4.78 is 35.6. The van der Waals surface area contributed by atoms with Crippen molar-refractivity contribution in [3.8, 4) is 0 Å². The fourth-order valence-electron chi connectivity index (χ4n) is 1.22. The van der Waals surface area contributed by atoms with Crippen LogP contribution in [0.2, 0.25) is 0 Å². The molecule has 0 spiro atoms. The van der Waals surface area contributed by atoms with Gasteiger partial charge in [0.25, 0.3) is 5.91 Å². The highest BCUT2D eigenvalue weighted by Gasteiger charge is 2.27. The van der Waals surface area contributed by atoms with E-state index in [1.54, 1.807) is 17.0 Å². The smallest absolute Gasteiger partial charge is 0.363 e. The number of hydrogen-bond acceptors (Lipinski definition) is 4. The Labute approximate surface area is 113 Å². The molecule has 0 saturated heterocycles. The maximum absolute atomic E-state index is 11.9. The number of thioether (sulfide) groups is 1. The van der Waals surface area contributed by atoms with Crippen LogP contribution in [-0.2, 0) is 0 Å². The van der Waals surface area contributed by atoms with Crippen molar-refractivity contribution >= 4 is 23.5 Å². The van der Waals surface area contributed by atoms with Crippen molar-refractivity contribution < 1.29 is 18.0 Å². The van der Waals surface area contributed by atoms with Gasteiger partial charge >= 0.3 is 5.51 Å². The molecule has 1 heterocycles. The van der Waals surface area contributed by atoms with Gasteiger partial charge in [-0.05, 0) is 23.9 Å². The number of nitrogens with zero attached hydrogens (tertiary/aromatic N) is 2. The lowest BCUT2D eigenvalue weighted by Gasteiger charge is -2.11. The first-order valence-corrected chi connectivity index (χ1v) is 6.40. The number of halogens is 3. The normalized spacial score (nSPS) is 11.2. The van der Waals surface area contributed by atoms with Crippen molar-refractivity contribution in [2.45, 2.75) is 5.51 Å². The van der Waals surface area contributed by atoms with Gasteiger partial charge in [0.2, 0.25) is 0 Å². The molecule has 19 heavy (non-hydrogen) atoms. The Bertz CT molecular complexity index is 420. The summed E-state index contributed by atoms with van der Waals surface area (Å²) in [6.07, 6.45) is 1.39. The summed E-state index contributed by atoms with van der Waals surface area (Å²) in [7, 11) is 3.63. The second-order valence-electron chi connectivity index (χ2n) is 3.85. The molecule has 1 amide bonds. The molecule has 0 aliphatic carbocycles. The minimum absolute atomic E-state index is 0.0432. The highest BCUT2D eigenvalue weighted by molar-refractivity contribution is 8.00. The molecule has 0 aromatic carbocycles. The van der Waals surface area contributed by atoms with Crippen molar-refractivity contribution in [2.24, 2.45) is 0 Å². The first-order valence-electron chi connectivity index (χ1n) is 5.42. The SMILES string of the molecule is CN(C)c1ccc(C(=O)NCCSC(F)(F)F)cn1. The Morgan fingerprint density at radius 2 is 2.11 bits per heavy atom. The average molecular weight is 293 g/mol. The predicted molar refractivity (Wildman–Crippen MR) is 69.4 cm³/mol. The van der Waals surface area contributed by atoms with E-state index in [2.05, 4.69) is 10.3 Å². The fourth-order valence-corrected chi connectivity index (χ4v) is 1.65. The Morgan fingerprint density at radius 1 is 1.42 bits per heavy atom. The number of pyridine rings is 1. The third kappa shape index (κ3) is 5.82. The van der Waals surface area contributed by atoms with E-state index in [0.717, 1.165) is 0 Å². The minimum atomic E-state index is -4.26. The summed E-state index contributed by atoms with van der Waals surface area (Å²) in [5.41, 5.74) is -3.94. The van der Waals surface area contributed by atoms with Crippen LogP contribution in [0.1, 0.15) is 10.4 Å². The van der Waals surface area contributed by atoms with E-state index < -0.39 is 11.4 Å². The molecule has 1 N–H and O–H groups in total. The number of anilines is 1. The quantitative estimate of drug-likeness (QED) is 0.845. The number of alkyl halides is 3. The van der Waals surface area contributed by atoms with Gasteiger partial charge < -0.3 is 10.2 Å². The molecule has 0 fully saturated rings. The first kappa shape index (κ1) is 15.6. The molecule has 1 aromatic heterocycles. The lowest BCUT2D eigenvalue weighted by Crippen LogP contribution is -2.26. The summed E-state index contributed by atoms with van der Waals surface area (Å²) in [5, 5.41) is 2.41. The zero-order valence-corrected chi connectivity index (χ0v) is 11.3. The largest absolute Gasteiger partial charge is 0.441 e. The lowest BCUT2D eigenvalue weighted by molar-refractivity contribution is -0.0327. The molecule has 0 atom stereocenters. The summed E-state index contributed by atoms with van der Waals surface area (Å²) >= 11 is -0.160. The van der Waals surface area contributed by atoms with Crippen LogP contribution in [0.4, 0.5) is 19.0 Å². The van der Waals surface area contributed by atoms with E-state index in [1.165, 1.54) is 6.20 Å². The third-order valence-corrected chi connectivity index (χ3v) is 2.86. The van der Waals surface area contributed by atoms with Gasteiger partial charge in [-0.3, -0.25) is 4.79 Å². The Morgan fingerprint density at radius 3 is 2.58 bits per heavy atom. The monoisotopic (exact) mass is 293 g/mol. The van der Waals surface area contributed by atoms with Gasteiger partial charge in [-0.25, -0.2) is 4.98 Å². The Kier molecular flexibility index (Phi) is 5.46. The van der Waals surface area contributed by atoms with Gasteiger partial charge in [-0.1, -0.05) is 0 Å². The van der Waals surface area contributed by atoms with Crippen LogP contribution in [0.3, 0.4) is 0 Å². The standard InChI is InChI=1S/C11H14F3N3OS/c1-17(2)9-4-3-8(7-16-9)10(18)15-5-6-19-11(12,13)14/h3-4,7H,5-6H2,1-2H3,(H,15,18). The van der Waals surface area contributed by atoms with Crippen molar-refractivity contribution in [3.63, 3.8) is 0 Å². The van der Waals surface area contributed by atoms with Crippen molar-refractivity contribution in [3.05, 3.63) is 23.9 Å². The zero-order chi connectivity index (χ0) is 14.5. The topological polar surface area (TPSA) is 45.2 Å². The number of amides is 1. The molecule has 106 valence electrons. The predicted octanol–water partition coefficient (Wildman–Crippen LogP) is 2.13. The average Bonchev–Trinajstić information content (AvgIpc) is 2.33. The van der Waals surface area contributed by atoms with Crippen LogP contribution in [-0.4, -0.2) is 42.8 Å². The third-order valence-electron chi connectivity index (χ3n) is 2.12. The van der Waals surface area contributed by atoms with Crippen LogP contribution >= 0.6 is 11.8 Å². The lowest BCUT2D eigenvalue weighted by atomic mass is 10.2. The second kappa shape index (κ2) is 6.65. The van der Waals surface area contributed by atoms with Gasteiger partial charge in [0.1, 0.15) is 5.82 Å². The van der Waals surface area contributed by atoms with E-state index in [9.17, 15) is 18.0 Å². The summed E-state index contributed by atoms with van der Waals surface area (Å²) in [4.78, 5) is 17.4. The number of hydrogen-bond donors (Lipinski definition) is 1. The second-order valence-corrected chi connectivity index (χ2v) is 5.01. The van der Waals surface area contributed by atoms with Crippen LogP contribution in [0.25, 0.3) is 0 Å². The number of carbonyl (C=O) groups is 1. The molecule has 4 nitrogen and oxygen atoms in total. The first-order chi connectivity index (χ1) is 8.79. The minimum Gasteiger partial charge on any atom is -0.363 e. The fraction of sp³-hybridized carbons (Fsp3) is 0.455. The van der Waals surface area contributed by atoms with Crippen molar-refractivity contribution in [1.82, 2.24) is 10.3 Å². The van der Waals surface area contributed by atoms with Gasteiger partial charge in [0, 0.05) is 32.6 Å². The highest BCUT2D eigenvalue weighted by Crippen LogP contribution is 2.29. The summed E-state index contributed by atoms with van der Waals surface area (Å²) in [6, 6.07) is 3.24. The number of carbonyl (C=O) groups excluding carboxylic acids is 1. The van der Waals surface area contributed by atoms with Crippen molar-refractivity contribution in [2.75, 3.05) is 31.3 Å². The summed E-state index contributed by atoms with van der Waals surface area (Å²) in [6.45, 7) is -0.0432. The highest BCUT2D eigenvalue weighted by atomic mass is 32.2. The van der Waals surface area contributed by atoms with Crippen LogP contribution in [0.15, 0.2) is 18.3 Å². The molecule has 8 heteroatoms. The molecule has 0 radical (unpaired) electrons. The van der Waals surface area contributed by atoms with Gasteiger partial charge in [-0.15, -0.1) is 0 Å². The molecule has 1 rings (SSSR count). The Balaban J connectivity index is 2.41. The van der Waals surface area contributed by atoms with E-state index in [-0.39, 0.29) is 24.1 Å². The number of nitrogens with one attached hydrogen (secondary N) is 1. The van der Waals surface area contributed by atoms with E-state index in [1.807, 2.05) is 14.1 Å². The van der Waals surface area contributed by atoms with Gasteiger partial charge in [-0.2, -0.15) is 13.2 Å². The molecule has 0 bridgehead atoms. The molecular weight excluding hydrogens is 279 g/mol. The maximum Gasteiger partial charge on any atom is 0.441 e. The van der Waals surface area contributed by atoms with Crippen LogP contribution in [0, 0.1) is 0 Å². The van der Waals surface area contributed by atoms with Gasteiger partial charge in [0.15, 0.2) is 0 Å². The Hall–Kier alpha value is -1.44.